The van der Waals surface area contributed by atoms with Crippen LogP contribution in [0, 0.1) is 6.92 Å². The molecule has 0 atom stereocenters. The average molecular weight is 485 g/mol. The first-order valence-electron chi connectivity index (χ1n) is 11.0. The van der Waals surface area contributed by atoms with Gasteiger partial charge in [0.1, 0.15) is 5.75 Å². The van der Waals surface area contributed by atoms with Crippen molar-refractivity contribution in [1.82, 2.24) is 14.5 Å². The Kier molecular flexibility index (Phi) is 6.16. The molecule has 174 valence electrons. The van der Waals surface area contributed by atoms with Gasteiger partial charge in [-0.3, -0.25) is 19.1 Å². The van der Waals surface area contributed by atoms with Gasteiger partial charge < -0.3 is 10.1 Å². The Labute approximate surface area is 206 Å². The number of carbonyl (C=O) groups is 1. The molecule has 7 nitrogen and oxygen atoms in total. The van der Waals surface area contributed by atoms with Crippen molar-refractivity contribution in [2.75, 3.05) is 11.9 Å². The second kappa shape index (κ2) is 9.56. The fourth-order valence-electron chi connectivity index (χ4n) is 3.86. The highest BCUT2D eigenvalue weighted by Crippen LogP contribution is 2.25. The molecule has 0 bridgehead atoms. The zero-order valence-corrected chi connectivity index (χ0v) is 19.6. The predicted molar refractivity (Wildman–Crippen MR) is 137 cm³/mol. The highest BCUT2D eigenvalue weighted by atomic mass is 35.5. The summed E-state index contributed by atoms with van der Waals surface area (Å²) in [6.45, 7) is 2.06. The second-order valence-corrected chi connectivity index (χ2v) is 8.59. The molecule has 0 radical (unpaired) electrons. The van der Waals surface area contributed by atoms with Crippen LogP contribution < -0.4 is 15.6 Å². The Hall–Kier alpha value is -4.23. The minimum absolute atomic E-state index is 0.181. The maximum Gasteiger partial charge on any atom is 0.262 e. The molecule has 2 aromatic heterocycles. The number of anilines is 1. The Balaban J connectivity index is 1.33. The maximum absolute atomic E-state index is 13.1. The first kappa shape index (κ1) is 22.6. The zero-order chi connectivity index (χ0) is 24.4. The van der Waals surface area contributed by atoms with Crippen LogP contribution in [0.1, 0.15) is 11.3 Å². The number of benzene rings is 3. The number of aryl methyl sites for hydroxylation is 1. The minimum Gasteiger partial charge on any atom is -0.483 e. The van der Waals surface area contributed by atoms with Gasteiger partial charge >= 0.3 is 0 Å². The molecule has 2 heterocycles. The van der Waals surface area contributed by atoms with Crippen molar-refractivity contribution in [1.29, 1.82) is 0 Å². The molecule has 5 aromatic rings. The van der Waals surface area contributed by atoms with Gasteiger partial charge in [-0.2, -0.15) is 0 Å². The molecular formula is C27H21ClN4O3. The molecule has 0 aliphatic rings. The van der Waals surface area contributed by atoms with Crippen LogP contribution in [0.4, 0.5) is 5.69 Å². The van der Waals surface area contributed by atoms with E-state index < -0.39 is 0 Å². The molecule has 0 unspecified atom stereocenters. The van der Waals surface area contributed by atoms with Gasteiger partial charge in [-0.05, 0) is 55.0 Å². The van der Waals surface area contributed by atoms with Crippen LogP contribution in [0.2, 0.25) is 5.02 Å². The number of fused-ring (bicyclic) bond motifs is 2. The van der Waals surface area contributed by atoms with Crippen molar-refractivity contribution in [3.8, 4) is 5.75 Å². The third-order valence-corrected chi connectivity index (χ3v) is 5.79. The van der Waals surface area contributed by atoms with Crippen LogP contribution in [-0.2, 0) is 11.3 Å². The number of amides is 1. The van der Waals surface area contributed by atoms with Gasteiger partial charge in [0.15, 0.2) is 6.61 Å². The van der Waals surface area contributed by atoms with E-state index in [4.69, 9.17) is 16.3 Å². The van der Waals surface area contributed by atoms with Crippen LogP contribution in [0.3, 0.4) is 0 Å². The van der Waals surface area contributed by atoms with Gasteiger partial charge in [0, 0.05) is 27.9 Å². The van der Waals surface area contributed by atoms with E-state index in [0.29, 0.717) is 33.9 Å². The van der Waals surface area contributed by atoms with Gasteiger partial charge in [0.25, 0.3) is 11.5 Å². The van der Waals surface area contributed by atoms with E-state index in [1.54, 1.807) is 36.4 Å². The average Bonchev–Trinajstić information content (AvgIpc) is 2.86. The quantitative estimate of drug-likeness (QED) is 0.367. The van der Waals surface area contributed by atoms with Crippen LogP contribution >= 0.6 is 11.6 Å². The van der Waals surface area contributed by atoms with Crippen LogP contribution in [0.25, 0.3) is 21.8 Å². The number of aromatic nitrogens is 3. The monoisotopic (exact) mass is 484 g/mol. The summed E-state index contributed by atoms with van der Waals surface area (Å²) in [5.74, 6) is 0.254. The van der Waals surface area contributed by atoms with Crippen molar-refractivity contribution in [2.24, 2.45) is 0 Å². The molecule has 0 saturated heterocycles. The lowest BCUT2D eigenvalue weighted by Crippen LogP contribution is -2.22. The normalized spacial score (nSPS) is 11.0. The molecule has 5 rings (SSSR count). The van der Waals surface area contributed by atoms with E-state index in [1.165, 1.54) is 10.9 Å². The number of halogens is 1. The van der Waals surface area contributed by atoms with Gasteiger partial charge in [0.2, 0.25) is 0 Å². The largest absolute Gasteiger partial charge is 0.483 e. The molecule has 0 aliphatic heterocycles. The molecule has 1 amide bonds. The Morgan fingerprint density at radius 3 is 2.63 bits per heavy atom. The molecule has 8 heteroatoms. The lowest BCUT2D eigenvalue weighted by Gasteiger charge is -2.11. The van der Waals surface area contributed by atoms with E-state index in [0.717, 1.165) is 22.2 Å². The fraction of sp³-hybridized carbons (Fsp3) is 0.111. The number of carbonyl (C=O) groups excluding carboxylic acids is 1. The number of pyridine rings is 1. The number of para-hydroxylation sites is 1. The third-order valence-electron chi connectivity index (χ3n) is 5.54. The molecule has 35 heavy (non-hydrogen) atoms. The molecule has 0 spiro atoms. The van der Waals surface area contributed by atoms with Crippen molar-refractivity contribution >= 4 is 45.0 Å². The highest BCUT2D eigenvalue weighted by molar-refractivity contribution is 6.30. The maximum atomic E-state index is 13.1. The molecule has 3 aromatic carbocycles. The first-order chi connectivity index (χ1) is 17.0. The van der Waals surface area contributed by atoms with E-state index in [2.05, 4.69) is 15.3 Å². The number of nitrogens with one attached hydrogen (secondary N) is 1. The molecular weight excluding hydrogens is 464 g/mol. The van der Waals surface area contributed by atoms with Gasteiger partial charge in [-0.25, -0.2) is 4.98 Å². The Morgan fingerprint density at radius 2 is 1.80 bits per heavy atom. The van der Waals surface area contributed by atoms with Crippen molar-refractivity contribution in [3.05, 3.63) is 106 Å². The summed E-state index contributed by atoms with van der Waals surface area (Å²) in [5.41, 5.74) is 3.38. The summed E-state index contributed by atoms with van der Waals surface area (Å²) >= 11 is 5.95. The van der Waals surface area contributed by atoms with Gasteiger partial charge in [-0.15, -0.1) is 0 Å². The number of hydrogen-bond acceptors (Lipinski definition) is 5. The number of hydrogen-bond donors (Lipinski definition) is 1. The summed E-state index contributed by atoms with van der Waals surface area (Å²) < 4.78 is 7.32. The lowest BCUT2D eigenvalue weighted by atomic mass is 10.2. The predicted octanol–water partition coefficient (Wildman–Crippen LogP) is 4.97. The Bertz CT molecular complexity index is 1610. The van der Waals surface area contributed by atoms with E-state index in [1.807, 2.05) is 43.3 Å². The first-order valence-corrected chi connectivity index (χ1v) is 11.4. The molecule has 0 fully saturated rings. The number of rotatable bonds is 6. The summed E-state index contributed by atoms with van der Waals surface area (Å²) in [4.78, 5) is 34.5. The van der Waals surface area contributed by atoms with E-state index in [-0.39, 0.29) is 18.1 Å². The SMILES string of the molecule is Cc1cc(OCC(=O)Nc2ccc3ncn(Cc4ccc(Cl)cc4)c(=O)c3c2)c2ccccc2n1. The zero-order valence-electron chi connectivity index (χ0n) is 18.9. The Morgan fingerprint density at radius 1 is 1.00 bits per heavy atom. The minimum atomic E-state index is -0.340. The molecule has 0 saturated carbocycles. The topological polar surface area (TPSA) is 86.1 Å². The van der Waals surface area contributed by atoms with E-state index in [9.17, 15) is 9.59 Å². The van der Waals surface area contributed by atoms with Crippen molar-refractivity contribution < 1.29 is 9.53 Å². The lowest BCUT2D eigenvalue weighted by molar-refractivity contribution is -0.118. The summed E-state index contributed by atoms with van der Waals surface area (Å²) in [6.07, 6.45) is 1.52. The molecule has 1 N–H and O–H groups in total. The fourth-order valence-corrected chi connectivity index (χ4v) is 3.99. The summed E-state index contributed by atoms with van der Waals surface area (Å²) in [7, 11) is 0. The standard InChI is InChI=1S/C27H21ClN4O3/c1-17-12-25(21-4-2-3-5-24(21)30-17)35-15-26(33)31-20-10-11-23-22(13-20)27(34)32(16-29-23)14-18-6-8-19(28)9-7-18/h2-13,16H,14-15H2,1H3,(H,31,33). The van der Waals surface area contributed by atoms with Gasteiger partial charge in [0.05, 0.1) is 29.3 Å². The van der Waals surface area contributed by atoms with E-state index >= 15 is 0 Å². The van der Waals surface area contributed by atoms with Crippen LogP contribution in [-0.4, -0.2) is 27.0 Å². The van der Waals surface area contributed by atoms with Crippen LogP contribution in [0.15, 0.2) is 83.9 Å². The van der Waals surface area contributed by atoms with Gasteiger partial charge in [-0.1, -0.05) is 35.9 Å². The van der Waals surface area contributed by atoms with Crippen LogP contribution in [0.5, 0.6) is 5.75 Å². The summed E-state index contributed by atoms with van der Waals surface area (Å²) in [6, 6.07) is 21.8. The number of ether oxygens (including phenoxy) is 1. The number of nitrogens with zero attached hydrogens (tertiary/aromatic N) is 3. The third kappa shape index (κ3) is 5.00. The second-order valence-electron chi connectivity index (χ2n) is 8.15. The smallest absolute Gasteiger partial charge is 0.262 e. The highest BCUT2D eigenvalue weighted by Gasteiger charge is 2.11. The van der Waals surface area contributed by atoms with Crippen molar-refractivity contribution in [3.63, 3.8) is 0 Å². The molecule has 0 aliphatic carbocycles. The summed E-state index contributed by atoms with van der Waals surface area (Å²) in [5, 5.41) is 4.68. The van der Waals surface area contributed by atoms with Crippen molar-refractivity contribution in [2.45, 2.75) is 13.5 Å².